The number of rotatable bonds is 3. The molecule has 0 amide bonds. The molecule has 17 heavy (non-hydrogen) atoms. The molecule has 0 aliphatic heterocycles. The molecule has 3 nitrogen and oxygen atoms in total. The number of methoxy groups -OCH3 is 1. The van der Waals surface area contributed by atoms with E-state index in [9.17, 15) is 0 Å². The quantitative estimate of drug-likeness (QED) is 0.875. The smallest absolute Gasteiger partial charge is 0.120 e. The Hall–Kier alpha value is -1.22. The Balaban J connectivity index is 1.98. The Bertz CT molecular complexity index is 350. The molecule has 2 N–H and O–H groups in total. The molecule has 1 aromatic carbocycles. The SMILES string of the molecule is COc1ccc(OC2CC(C)CCC2N)cc1. The predicted octanol–water partition coefficient (Wildman–Crippen LogP) is 2.59. The molecule has 3 unspecified atom stereocenters. The van der Waals surface area contributed by atoms with Gasteiger partial charge in [-0.1, -0.05) is 6.92 Å². The maximum Gasteiger partial charge on any atom is 0.120 e. The van der Waals surface area contributed by atoms with Gasteiger partial charge in [0.1, 0.15) is 17.6 Å². The van der Waals surface area contributed by atoms with E-state index < -0.39 is 0 Å². The third kappa shape index (κ3) is 3.13. The van der Waals surface area contributed by atoms with E-state index in [1.54, 1.807) is 7.11 Å². The zero-order valence-corrected chi connectivity index (χ0v) is 10.6. The van der Waals surface area contributed by atoms with Crippen molar-refractivity contribution in [3.8, 4) is 11.5 Å². The molecule has 0 heterocycles. The lowest BCUT2D eigenvalue weighted by atomic mass is 9.85. The van der Waals surface area contributed by atoms with E-state index in [0.717, 1.165) is 24.3 Å². The van der Waals surface area contributed by atoms with Crippen LogP contribution in [0, 0.1) is 5.92 Å². The Morgan fingerprint density at radius 1 is 1.12 bits per heavy atom. The Kier molecular flexibility index (Phi) is 3.89. The molecular weight excluding hydrogens is 214 g/mol. The lowest BCUT2D eigenvalue weighted by molar-refractivity contribution is 0.108. The number of ether oxygens (including phenoxy) is 2. The Morgan fingerprint density at radius 3 is 2.41 bits per heavy atom. The normalized spacial score (nSPS) is 28.8. The van der Waals surface area contributed by atoms with Crippen molar-refractivity contribution >= 4 is 0 Å². The average molecular weight is 235 g/mol. The molecule has 0 bridgehead atoms. The van der Waals surface area contributed by atoms with Crippen LogP contribution in [0.1, 0.15) is 26.2 Å². The van der Waals surface area contributed by atoms with Crippen LogP contribution in [0.4, 0.5) is 0 Å². The third-order valence-electron chi connectivity index (χ3n) is 3.45. The number of hydrogen-bond acceptors (Lipinski definition) is 3. The molecule has 3 heteroatoms. The fraction of sp³-hybridized carbons (Fsp3) is 0.571. The van der Waals surface area contributed by atoms with Crippen molar-refractivity contribution in [2.24, 2.45) is 11.7 Å². The highest BCUT2D eigenvalue weighted by atomic mass is 16.5. The van der Waals surface area contributed by atoms with Crippen molar-refractivity contribution in [1.82, 2.24) is 0 Å². The van der Waals surface area contributed by atoms with Crippen molar-refractivity contribution in [3.63, 3.8) is 0 Å². The maximum absolute atomic E-state index is 6.10. The number of benzene rings is 1. The van der Waals surface area contributed by atoms with E-state index in [1.165, 1.54) is 6.42 Å². The van der Waals surface area contributed by atoms with Gasteiger partial charge in [0, 0.05) is 6.04 Å². The van der Waals surface area contributed by atoms with Gasteiger partial charge in [-0.25, -0.2) is 0 Å². The van der Waals surface area contributed by atoms with Crippen LogP contribution < -0.4 is 15.2 Å². The average Bonchev–Trinajstić information content (AvgIpc) is 2.35. The van der Waals surface area contributed by atoms with Crippen LogP contribution in [0.5, 0.6) is 11.5 Å². The second-order valence-electron chi connectivity index (χ2n) is 4.91. The summed E-state index contributed by atoms with van der Waals surface area (Å²) in [4.78, 5) is 0. The van der Waals surface area contributed by atoms with Crippen LogP contribution in [-0.4, -0.2) is 19.3 Å². The topological polar surface area (TPSA) is 44.5 Å². The molecule has 1 saturated carbocycles. The Labute approximate surface area is 103 Å². The van der Waals surface area contributed by atoms with Crippen LogP contribution in [-0.2, 0) is 0 Å². The molecule has 1 aliphatic carbocycles. The third-order valence-corrected chi connectivity index (χ3v) is 3.45. The minimum atomic E-state index is 0.146. The summed E-state index contributed by atoms with van der Waals surface area (Å²) in [5.41, 5.74) is 6.10. The summed E-state index contributed by atoms with van der Waals surface area (Å²) in [6, 6.07) is 7.85. The Morgan fingerprint density at radius 2 is 1.76 bits per heavy atom. The van der Waals surface area contributed by atoms with Gasteiger partial charge in [0.2, 0.25) is 0 Å². The largest absolute Gasteiger partial charge is 0.497 e. The first-order chi connectivity index (χ1) is 8.19. The summed E-state index contributed by atoms with van der Waals surface area (Å²) in [6.45, 7) is 2.26. The van der Waals surface area contributed by atoms with Gasteiger partial charge in [-0.05, 0) is 49.4 Å². The van der Waals surface area contributed by atoms with E-state index in [2.05, 4.69) is 6.92 Å². The number of hydrogen-bond donors (Lipinski definition) is 1. The van der Waals surface area contributed by atoms with E-state index >= 15 is 0 Å². The molecule has 0 saturated heterocycles. The monoisotopic (exact) mass is 235 g/mol. The van der Waals surface area contributed by atoms with Gasteiger partial charge in [-0.2, -0.15) is 0 Å². The van der Waals surface area contributed by atoms with Crippen LogP contribution in [0.3, 0.4) is 0 Å². The molecule has 0 spiro atoms. The summed E-state index contributed by atoms with van der Waals surface area (Å²) in [6.07, 6.45) is 3.46. The molecule has 1 aliphatic rings. The van der Waals surface area contributed by atoms with Crippen LogP contribution in [0.25, 0.3) is 0 Å². The fourth-order valence-corrected chi connectivity index (χ4v) is 2.32. The standard InChI is InChI=1S/C14H21NO2/c1-10-3-8-13(15)14(9-10)17-12-6-4-11(16-2)5-7-12/h4-7,10,13-14H,3,8-9,15H2,1-2H3. The summed E-state index contributed by atoms with van der Waals surface area (Å²) in [5, 5.41) is 0. The molecule has 1 fully saturated rings. The van der Waals surface area contributed by atoms with Crippen LogP contribution in [0.15, 0.2) is 24.3 Å². The molecule has 94 valence electrons. The van der Waals surface area contributed by atoms with E-state index in [0.29, 0.717) is 5.92 Å². The summed E-state index contributed by atoms with van der Waals surface area (Å²) < 4.78 is 11.1. The molecule has 2 rings (SSSR count). The van der Waals surface area contributed by atoms with Crippen molar-refractivity contribution in [2.45, 2.75) is 38.3 Å². The van der Waals surface area contributed by atoms with Crippen LogP contribution >= 0.6 is 0 Å². The fourth-order valence-electron chi connectivity index (χ4n) is 2.32. The highest BCUT2D eigenvalue weighted by molar-refractivity contribution is 5.31. The summed E-state index contributed by atoms with van der Waals surface area (Å²) in [5.74, 6) is 2.43. The van der Waals surface area contributed by atoms with Crippen molar-refractivity contribution in [3.05, 3.63) is 24.3 Å². The van der Waals surface area contributed by atoms with Gasteiger partial charge in [0.25, 0.3) is 0 Å². The highest BCUT2D eigenvalue weighted by Gasteiger charge is 2.27. The predicted molar refractivity (Wildman–Crippen MR) is 68.4 cm³/mol. The van der Waals surface area contributed by atoms with Crippen LogP contribution in [0.2, 0.25) is 0 Å². The molecule has 0 aromatic heterocycles. The van der Waals surface area contributed by atoms with Gasteiger partial charge in [0.15, 0.2) is 0 Å². The van der Waals surface area contributed by atoms with Crippen molar-refractivity contribution in [2.75, 3.05) is 7.11 Å². The van der Waals surface area contributed by atoms with E-state index in [-0.39, 0.29) is 12.1 Å². The van der Waals surface area contributed by atoms with E-state index in [4.69, 9.17) is 15.2 Å². The summed E-state index contributed by atoms with van der Waals surface area (Å²) in [7, 11) is 1.66. The van der Waals surface area contributed by atoms with Crippen molar-refractivity contribution < 1.29 is 9.47 Å². The lowest BCUT2D eigenvalue weighted by Crippen LogP contribution is -2.43. The zero-order valence-electron chi connectivity index (χ0n) is 10.6. The lowest BCUT2D eigenvalue weighted by Gasteiger charge is -2.32. The van der Waals surface area contributed by atoms with Gasteiger partial charge in [-0.3, -0.25) is 0 Å². The second kappa shape index (κ2) is 5.41. The zero-order chi connectivity index (χ0) is 12.3. The minimum Gasteiger partial charge on any atom is -0.497 e. The molecule has 0 radical (unpaired) electrons. The van der Waals surface area contributed by atoms with Gasteiger partial charge in [-0.15, -0.1) is 0 Å². The maximum atomic E-state index is 6.10. The summed E-state index contributed by atoms with van der Waals surface area (Å²) >= 11 is 0. The second-order valence-corrected chi connectivity index (χ2v) is 4.91. The van der Waals surface area contributed by atoms with E-state index in [1.807, 2.05) is 24.3 Å². The van der Waals surface area contributed by atoms with Gasteiger partial charge >= 0.3 is 0 Å². The van der Waals surface area contributed by atoms with Gasteiger partial charge < -0.3 is 15.2 Å². The molecule has 1 aromatic rings. The highest BCUT2D eigenvalue weighted by Crippen LogP contribution is 2.27. The molecular formula is C14H21NO2. The first kappa shape index (κ1) is 12.2. The molecule has 3 atom stereocenters. The number of nitrogens with two attached hydrogens (primary N) is 1. The minimum absolute atomic E-state index is 0.146. The first-order valence-corrected chi connectivity index (χ1v) is 6.25. The van der Waals surface area contributed by atoms with Gasteiger partial charge in [0.05, 0.1) is 7.11 Å². The van der Waals surface area contributed by atoms with Crippen molar-refractivity contribution in [1.29, 1.82) is 0 Å². The first-order valence-electron chi connectivity index (χ1n) is 6.25.